The number of ketones is 1. The highest BCUT2D eigenvalue weighted by Gasteiger charge is 2.23. The van der Waals surface area contributed by atoms with Gasteiger partial charge in [-0.25, -0.2) is 0 Å². The second kappa shape index (κ2) is 9.47. The molecule has 4 nitrogen and oxygen atoms in total. The van der Waals surface area contributed by atoms with Crippen molar-refractivity contribution in [2.75, 3.05) is 11.9 Å². The van der Waals surface area contributed by atoms with Gasteiger partial charge >= 0.3 is 0 Å². The number of aryl methyl sites for hydroxylation is 1. The van der Waals surface area contributed by atoms with Crippen LogP contribution in [0.2, 0.25) is 0 Å². The van der Waals surface area contributed by atoms with Gasteiger partial charge in [0.15, 0.2) is 0 Å². The summed E-state index contributed by atoms with van der Waals surface area (Å²) >= 11 is 0. The Hall–Kier alpha value is -2.46. The van der Waals surface area contributed by atoms with Crippen LogP contribution < -0.4 is 10.6 Å². The lowest BCUT2D eigenvalue weighted by molar-refractivity contribution is -0.126. The monoisotopic (exact) mass is 366 g/mol. The normalized spacial score (nSPS) is 12.4. The zero-order chi connectivity index (χ0) is 19.9. The zero-order valence-electron chi connectivity index (χ0n) is 16.7. The highest BCUT2D eigenvalue weighted by Crippen LogP contribution is 2.16. The van der Waals surface area contributed by atoms with Gasteiger partial charge in [-0.3, -0.25) is 9.59 Å². The van der Waals surface area contributed by atoms with Crippen LogP contribution in [-0.4, -0.2) is 24.3 Å². The number of hydrogen-bond acceptors (Lipinski definition) is 3. The molecule has 0 radical (unpaired) electrons. The number of carbonyl (C=O) groups is 2. The minimum absolute atomic E-state index is 0.0917. The van der Waals surface area contributed by atoms with E-state index >= 15 is 0 Å². The van der Waals surface area contributed by atoms with Crippen molar-refractivity contribution in [1.82, 2.24) is 5.32 Å². The number of Topliss-reactive ketones (excluding diaryl/α,β-unsaturated/α-hetero) is 1. The third-order valence-corrected chi connectivity index (χ3v) is 4.50. The summed E-state index contributed by atoms with van der Waals surface area (Å²) in [6.07, 6.45) is 0.981. The molecule has 0 aliphatic heterocycles. The van der Waals surface area contributed by atoms with Crippen LogP contribution in [0.15, 0.2) is 54.6 Å². The molecule has 27 heavy (non-hydrogen) atoms. The van der Waals surface area contributed by atoms with E-state index in [1.54, 1.807) is 0 Å². The van der Waals surface area contributed by atoms with E-state index in [0.717, 1.165) is 16.8 Å². The van der Waals surface area contributed by atoms with Crippen LogP contribution in [0.4, 0.5) is 5.69 Å². The molecule has 2 N–H and O–H groups in total. The summed E-state index contributed by atoms with van der Waals surface area (Å²) in [4.78, 5) is 25.0. The van der Waals surface area contributed by atoms with Crippen LogP contribution in [0.25, 0.3) is 0 Å². The van der Waals surface area contributed by atoms with Gasteiger partial charge in [-0.2, -0.15) is 0 Å². The van der Waals surface area contributed by atoms with Gasteiger partial charge < -0.3 is 10.6 Å². The molecule has 0 aromatic heterocycles. The molecule has 2 aromatic rings. The van der Waals surface area contributed by atoms with E-state index in [4.69, 9.17) is 0 Å². The Bertz CT molecular complexity index is 746. The summed E-state index contributed by atoms with van der Waals surface area (Å²) in [5, 5.41) is 6.24. The van der Waals surface area contributed by atoms with E-state index in [-0.39, 0.29) is 17.1 Å². The van der Waals surface area contributed by atoms with Crippen molar-refractivity contribution in [3.05, 3.63) is 65.7 Å². The summed E-state index contributed by atoms with van der Waals surface area (Å²) in [5.74, 6) is 0.0957. The summed E-state index contributed by atoms with van der Waals surface area (Å²) in [6.45, 7) is 8.25. The molecule has 0 fully saturated rings. The molecule has 1 unspecified atom stereocenters. The van der Waals surface area contributed by atoms with Gasteiger partial charge in [0, 0.05) is 24.1 Å². The number of rotatable bonds is 8. The average molecular weight is 367 g/mol. The molecule has 2 aromatic carbocycles. The fourth-order valence-corrected chi connectivity index (χ4v) is 2.71. The van der Waals surface area contributed by atoms with Gasteiger partial charge in [0.1, 0.15) is 5.78 Å². The maximum Gasteiger partial charge on any atom is 0.241 e. The fourth-order valence-electron chi connectivity index (χ4n) is 2.71. The van der Waals surface area contributed by atoms with Crippen molar-refractivity contribution < 1.29 is 9.59 Å². The van der Waals surface area contributed by atoms with Gasteiger partial charge in [-0.05, 0) is 31.0 Å². The van der Waals surface area contributed by atoms with Crippen LogP contribution in [-0.2, 0) is 16.0 Å². The smallest absolute Gasteiger partial charge is 0.241 e. The Labute approximate surface area is 162 Å². The Morgan fingerprint density at radius 3 is 2.19 bits per heavy atom. The predicted molar refractivity (Wildman–Crippen MR) is 111 cm³/mol. The topological polar surface area (TPSA) is 58.2 Å². The Morgan fingerprint density at radius 2 is 1.59 bits per heavy atom. The number of benzene rings is 2. The molecule has 144 valence electrons. The molecule has 0 bridgehead atoms. The van der Waals surface area contributed by atoms with Crippen molar-refractivity contribution in [2.45, 2.75) is 46.6 Å². The van der Waals surface area contributed by atoms with E-state index in [2.05, 4.69) is 10.6 Å². The van der Waals surface area contributed by atoms with Crippen LogP contribution in [0.1, 0.15) is 38.3 Å². The van der Waals surface area contributed by atoms with Crippen molar-refractivity contribution in [3.63, 3.8) is 0 Å². The third kappa shape index (κ3) is 6.99. The van der Waals surface area contributed by atoms with Crippen molar-refractivity contribution >= 4 is 17.4 Å². The average Bonchev–Trinajstić information content (AvgIpc) is 2.62. The summed E-state index contributed by atoms with van der Waals surface area (Å²) in [5.41, 5.74) is 2.64. The largest absolute Gasteiger partial charge is 0.325 e. The fraction of sp³-hybridized carbons (Fsp3) is 0.391. The van der Waals surface area contributed by atoms with Crippen molar-refractivity contribution in [3.8, 4) is 0 Å². The molecule has 2 rings (SSSR count). The first-order valence-electron chi connectivity index (χ1n) is 9.44. The summed E-state index contributed by atoms with van der Waals surface area (Å²) in [7, 11) is 0. The molecule has 1 amide bonds. The van der Waals surface area contributed by atoms with Crippen LogP contribution in [0.5, 0.6) is 0 Å². The first kappa shape index (κ1) is 20.8. The predicted octanol–water partition coefficient (Wildman–Crippen LogP) is 4.14. The van der Waals surface area contributed by atoms with Gasteiger partial charge in [-0.1, -0.05) is 68.8 Å². The molecule has 0 saturated carbocycles. The molecule has 1 atom stereocenters. The summed E-state index contributed by atoms with van der Waals surface area (Å²) in [6, 6.07) is 17.2. The Morgan fingerprint density at radius 1 is 0.963 bits per heavy atom. The van der Waals surface area contributed by atoms with Gasteiger partial charge in [-0.15, -0.1) is 0 Å². The van der Waals surface area contributed by atoms with E-state index in [1.165, 1.54) is 0 Å². The molecule has 0 saturated heterocycles. The third-order valence-electron chi connectivity index (χ3n) is 4.50. The number of hydrogen-bond donors (Lipinski definition) is 2. The molecular weight excluding hydrogens is 336 g/mol. The lowest BCUT2D eigenvalue weighted by Gasteiger charge is -2.21. The Balaban J connectivity index is 2.03. The first-order valence-corrected chi connectivity index (χ1v) is 9.44. The molecule has 0 heterocycles. The van der Waals surface area contributed by atoms with E-state index in [9.17, 15) is 9.59 Å². The molecule has 0 aliphatic carbocycles. The zero-order valence-corrected chi connectivity index (χ0v) is 16.7. The maximum atomic E-state index is 12.8. The standard InChI is InChI=1S/C23H30N2O2/c1-17-10-12-19(13-11-17)25-22(27)20(16-18-8-6-5-7-9-18)24-15-14-21(26)23(2,3)4/h5-13,20,24H,14-16H2,1-4H3,(H,25,27). The van der Waals surface area contributed by atoms with Gasteiger partial charge in [0.2, 0.25) is 5.91 Å². The molecular formula is C23H30N2O2. The molecule has 4 heteroatoms. The van der Waals surface area contributed by atoms with Crippen LogP contribution in [0, 0.1) is 12.3 Å². The summed E-state index contributed by atoms with van der Waals surface area (Å²) < 4.78 is 0. The number of carbonyl (C=O) groups excluding carboxylic acids is 2. The SMILES string of the molecule is Cc1ccc(NC(=O)C(Cc2ccccc2)NCCC(=O)C(C)(C)C)cc1. The number of nitrogens with one attached hydrogen (secondary N) is 2. The van der Waals surface area contributed by atoms with E-state index < -0.39 is 6.04 Å². The van der Waals surface area contributed by atoms with Crippen LogP contribution >= 0.6 is 0 Å². The minimum atomic E-state index is -0.401. The van der Waals surface area contributed by atoms with E-state index in [1.807, 2.05) is 82.3 Å². The highest BCUT2D eigenvalue weighted by molar-refractivity contribution is 5.95. The van der Waals surface area contributed by atoms with Crippen LogP contribution in [0.3, 0.4) is 0 Å². The lowest BCUT2D eigenvalue weighted by Crippen LogP contribution is -2.43. The second-order valence-electron chi connectivity index (χ2n) is 7.97. The first-order chi connectivity index (χ1) is 12.8. The van der Waals surface area contributed by atoms with Gasteiger partial charge in [0.25, 0.3) is 0 Å². The number of anilines is 1. The molecule has 0 spiro atoms. The lowest BCUT2D eigenvalue weighted by atomic mass is 9.89. The Kier molecular flexibility index (Phi) is 7.31. The second-order valence-corrected chi connectivity index (χ2v) is 7.97. The van der Waals surface area contributed by atoms with E-state index in [0.29, 0.717) is 19.4 Å². The highest BCUT2D eigenvalue weighted by atomic mass is 16.2. The quantitative estimate of drug-likeness (QED) is 0.738. The minimum Gasteiger partial charge on any atom is -0.325 e. The maximum absolute atomic E-state index is 12.8. The van der Waals surface area contributed by atoms with Crippen molar-refractivity contribution in [2.24, 2.45) is 5.41 Å². The molecule has 0 aliphatic rings. The number of amides is 1. The van der Waals surface area contributed by atoms with Gasteiger partial charge in [0.05, 0.1) is 6.04 Å². The van der Waals surface area contributed by atoms with Crippen molar-refractivity contribution in [1.29, 1.82) is 0 Å².